The summed E-state index contributed by atoms with van der Waals surface area (Å²) in [6.07, 6.45) is 8.94. The van der Waals surface area contributed by atoms with E-state index in [2.05, 4.69) is 41.7 Å². The second-order valence-corrected chi connectivity index (χ2v) is 8.16. The maximum atomic E-state index is 4.78. The van der Waals surface area contributed by atoms with Gasteiger partial charge in [-0.2, -0.15) is 0 Å². The second kappa shape index (κ2) is 4.71. The predicted octanol–water partition coefficient (Wildman–Crippen LogP) is 4.86. The first-order valence-corrected chi connectivity index (χ1v) is 8.88. The average molecular weight is 292 g/mol. The molecule has 2 nitrogen and oxygen atoms in total. The van der Waals surface area contributed by atoms with Gasteiger partial charge < -0.3 is 5.32 Å². The Hall–Kier alpha value is -1.57. The highest BCUT2D eigenvalue weighted by Gasteiger charge is 2.50. The normalized spacial score (nSPS) is 35.9. The van der Waals surface area contributed by atoms with E-state index >= 15 is 0 Å². The van der Waals surface area contributed by atoms with E-state index in [-0.39, 0.29) is 0 Å². The fraction of sp³-hybridized carbons (Fsp3) is 0.550. The number of nitrogens with one attached hydrogen (secondary N) is 1. The second-order valence-electron chi connectivity index (χ2n) is 8.16. The monoisotopic (exact) mass is 292 g/mol. The Labute approximate surface area is 132 Å². The first-order chi connectivity index (χ1) is 10.8. The number of hydrogen-bond acceptors (Lipinski definition) is 2. The Kier molecular flexibility index (Phi) is 2.77. The molecule has 4 fully saturated rings. The van der Waals surface area contributed by atoms with Gasteiger partial charge in [0.15, 0.2) is 0 Å². The molecule has 1 N–H and O–H groups in total. The highest BCUT2D eigenvalue weighted by molar-refractivity contribution is 5.80. The zero-order chi connectivity index (χ0) is 14.6. The number of nitrogens with zero attached hydrogens (tertiary/aromatic N) is 1. The van der Waals surface area contributed by atoms with Gasteiger partial charge in [0.1, 0.15) is 5.82 Å². The number of fused-ring (bicyclic) bond motifs is 1. The number of aromatic nitrogens is 1. The summed E-state index contributed by atoms with van der Waals surface area (Å²) < 4.78 is 0. The molecule has 0 aliphatic heterocycles. The lowest BCUT2D eigenvalue weighted by Gasteiger charge is -2.57. The van der Waals surface area contributed by atoms with Crippen LogP contribution in [-0.4, -0.2) is 11.5 Å². The third-order valence-electron chi connectivity index (χ3n) is 6.41. The lowest BCUT2D eigenvalue weighted by molar-refractivity contribution is -0.0444. The Morgan fingerprint density at radius 3 is 2.32 bits per heavy atom. The standard InChI is InChI=1S/C20H24N2/c1-2-4-18-17(3-1)5-6-19(22-18)21-13-20-10-14-7-15(11-20)9-16(8-14)12-20/h1-6,14-16H,7-13H2,(H,21,22). The SMILES string of the molecule is c1ccc2nc(NCC34CC5CC(CC(C5)C3)C4)ccc2c1. The van der Waals surface area contributed by atoms with Gasteiger partial charge in [-0.05, 0) is 79.9 Å². The van der Waals surface area contributed by atoms with Gasteiger partial charge in [0.05, 0.1) is 5.52 Å². The third-order valence-corrected chi connectivity index (χ3v) is 6.41. The van der Waals surface area contributed by atoms with E-state index in [9.17, 15) is 0 Å². The van der Waals surface area contributed by atoms with Gasteiger partial charge in [0, 0.05) is 11.9 Å². The predicted molar refractivity (Wildman–Crippen MR) is 90.8 cm³/mol. The van der Waals surface area contributed by atoms with Crippen LogP contribution in [0.1, 0.15) is 38.5 Å². The minimum atomic E-state index is 0.572. The summed E-state index contributed by atoms with van der Waals surface area (Å²) in [6.45, 7) is 1.13. The van der Waals surface area contributed by atoms with Crippen LogP contribution >= 0.6 is 0 Å². The number of anilines is 1. The topological polar surface area (TPSA) is 24.9 Å². The van der Waals surface area contributed by atoms with E-state index in [1.807, 2.05) is 0 Å². The third kappa shape index (κ3) is 2.12. The smallest absolute Gasteiger partial charge is 0.126 e. The van der Waals surface area contributed by atoms with Gasteiger partial charge in [-0.3, -0.25) is 0 Å². The molecule has 4 aliphatic carbocycles. The highest BCUT2D eigenvalue weighted by Crippen LogP contribution is 2.59. The van der Waals surface area contributed by atoms with Crippen molar-refractivity contribution in [1.29, 1.82) is 0 Å². The summed E-state index contributed by atoms with van der Waals surface area (Å²) in [5.41, 5.74) is 1.67. The Morgan fingerprint density at radius 1 is 0.909 bits per heavy atom. The Balaban J connectivity index is 1.35. The minimum absolute atomic E-state index is 0.572. The van der Waals surface area contributed by atoms with Crippen molar-refractivity contribution in [1.82, 2.24) is 4.98 Å². The molecule has 22 heavy (non-hydrogen) atoms. The van der Waals surface area contributed by atoms with Crippen molar-refractivity contribution >= 4 is 16.7 Å². The van der Waals surface area contributed by atoms with E-state index in [0.717, 1.165) is 35.6 Å². The minimum Gasteiger partial charge on any atom is -0.369 e. The molecule has 4 bridgehead atoms. The van der Waals surface area contributed by atoms with Crippen molar-refractivity contribution in [3.05, 3.63) is 36.4 Å². The zero-order valence-electron chi connectivity index (χ0n) is 13.1. The number of benzene rings is 1. The molecule has 0 unspecified atom stereocenters. The van der Waals surface area contributed by atoms with Crippen LogP contribution in [0.5, 0.6) is 0 Å². The number of para-hydroxylation sites is 1. The maximum Gasteiger partial charge on any atom is 0.126 e. The van der Waals surface area contributed by atoms with Crippen molar-refractivity contribution < 1.29 is 0 Å². The molecule has 0 atom stereocenters. The molecule has 4 aliphatic rings. The van der Waals surface area contributed by atoms with Crippen molar-refractivity contribution in [3.8, 4) is 0 Å². The molecule has 6 rings (SSSR count). The van der Waals surface area contributed by atoms with Crippen LogP contribution < -0.4 is 5.32 Å². The van der Waals surface area contributed by atoms with Gasteiger partial charge in [-0.1, -0.05) is 18.2 Å². The number of pyridine rings is 1. The number of rotatable bonds is 3. The first-order valence-electron chi connectivity index (χ1n) is 8.88. The highest BCUT2D eigenvalue weighted by atomic mass is 15.0. The van der Waals surface area contributed by atoms with Crippen LogP contribution in [0.4, 0.5) is 5.82 Å². The van der Waals surface area contributed by atoms with Crippen LogP contribution in [-0.2, 0) is 0 Å². The molecule has 0 spiro atoms. The molecule has 0 radical (unpaired) electrons. The van der Waals surface area contributed by atoms with Crippen molar-refractivity contribution in [2.45, 2.75) is 38.5 Å². The average Bonchev–Trinajstić information content (AvgIpc) is 2.52. The van der Waals surface area contributed by atoms with Crippen molar-refractivity contribution in [2.24, 2.45) is 23.2 Å². The Morgan fingerprint density at radius 2 is 1.59 bits per heavy atom. The molecule has 1 aromatic carbocycles. The van der Waals surface area contributed by atoms with Crippen LogP contribution in [0.15, 0.2) is 36.4 Å². The lowest BCUT2D eigenvalue weighted by atomic mass is 9.49. The summed E-state index contributed by atoms with van der Waals surface area (Å²) in [4.78, 5) is 4.78. The van der Waals surface area contributed by atoms with E-state index < -0.39 is 0 Å². The maximum absolute atomic E-state index is 4.78. The van der Waals surface area contributed by atoms with Crippen molar-refractivity contribution in [3.63, 3.8) is 0 Å². The van der Waals surface area contributed by atoms with E-state index in [0.29, 0.717) is 5.41 Å². The molecule has 1 heterocycles. The van der Waals surface area contributed by atoms with Gasteiger partial charge in [-0.15, -0.1) is 0 Å². The summed E-state index contributed by atoms with van der Waals surface area (Å²) in [7, 11) is 0. The fourth-order valence-corrected chi connectivity index (χ4v) is 5.95. The first kappa shape index (κ1) is 12.9. The van der Waals surface area contributed by atoms with E-state index in [4.69, 9.17) is 4.98 Å². The Bertz CT molecular complexity index is 670. The molecule has 0 saturated heterocycles. The molecular formula is C20H24N2. The summed E-state index contributed by atoms with van der Waals surface area (Å²) in [5, 5.41) is 4.91. The van der Waals surface area contributed by atoms with Gasteiger partial charge in [0.2, 0.25) is 0 Å². The molecule has 2 heteroatoms. The summed E-state index contributed by atoms with van der Waals surface area (Å²) >= 11 is 0. The molecule has 114 valence electrons. The molecule has 4 saturated carbocycles. The summed E-state index contributed by atoms with van der Waals surface area (Å²) in [6, 6.07) is 12.7. The van der Waals surface area contributed by atoms with Gasteiger partial charge >= 0.3 is 0 Å². The summed E-state index contributed by atoms with van der Waals surface area (Å²) in [5.74, 6) is 4.13. The fourth-order valence-electron chi connectivity index (χ4n) is 5.95. The van der Waals surface area contributed by atoms with Crippen LogP contribution in [0.25, 0.3) is 10.9 Å². The van der Waals surface area contributed by atoms with Crippen LogP contribution in [0, 0.1) is 23.2 Å². The van der Waals surface area contributed by atoms with Gasteiger partial charge in [-0.25, -0.2) is 4.98 Å². The van der Waals surface area contributed by atoms with E-state index in [1.165, 1.54) is 43.9 Å². The lowest BCUT2D eigenvalue weighted by Crippen LogP contribution is -2.49. The molecule has 0 amide bonds. The molecule has 2 aromatic rings. The molecular weight excluding hydrogens is 268 g/mol. The quantitative estimate of drug-likeness (QED) is 0.873. The largest absolute Gasteiger partial charge is 0.369 e. The van der Waals surface area contributed by atoms with Crippen LogP contribution in [0.3, 0.4) is 0 Å². The van der Waals surface area contributed by atoms with Gasteiger partial charge in [0.25, 0.3) is 0 Å². The van der Waals surface area contributed by atoms with E-state index in [1.54, 1.807) is 0 Å². The molecule has 1 aromatic heterocycles. The zero-order valence-corrected chi connectivity index (χ0v) is 13.1. The van der Waals surface area contributed by atoms with Crippen LogP contribution in [0.2, 0.25) is 0 Å². The van der Waals surface area contributed by atoms with Crippen molar-refractivity contribution in [2.75, 3.05) is 11.9 Å². The number of hydrogen-bond donors (Lipinski definition) is 1.